The maximum absolute atomic E-state index is 10.4. The van der Waals surface area contributed by atoms with Gasteiger partial charge in [0.15, 0.2) is 11.0 Å². The summed E-state index contributed by atoms with van der Waals surface area (Å²) in [6.07, 6.45) is 0.355. The van der Waals surface area contributed by atoms with Crippen LogP contribution in [-0.4, -0.2) is 22.4 Å². The van der Waals surface area contributed by atoms with E-state index >= 15 is 0 Å². The van der Waals surface area contributed by atoms with E-state index in [4.69, 9.17) is 4.74 Å². The lowest BCUT2D eigenvalue weighted by Crippen LogP contribution is -3.00. The van der Waals surface area contributed by atoms with Crippen LogP contribution in [0.3, 0.4) is 0 Å². The SMILES string of the molecule is CCc1n(CC(O)COc2ccccc2)c2ccccc2[n+]1C.[I-]. The summed E-state index contributed by atoms with van der Waals surface area (Å²) in [5.41, 5.74) is 2.33. The molecule has 2 aromatic carbocycles. The van der Waals surface area contributed by atoms with Crippen molar-refractivity contribution in [3.05, 3.63) is 60.4 Å². The molecule has 0 bridgehead atoms. The summed E-state index contributed by atoms with van der Waals surface area (Å²) in [5, 5.41) is 10.4. The Bertz CT molecular complexity index is 787. The first-order valence-electron chi connectivity index (χ1n) is 8.02. The summed E-state index contributed by atoms with van der Waals surface area (Å²) in [5.74, 6) is 1.98. The molecule has 128 valence electrons. The van der Waals surface area contributed by atoms with Crippen molar-refractivity contribution < 1.29 is 38.4 Å². The Labute approximate surface area is 159 Å². The molecule has 0 amide bonds. The molecule has 4 nitrogen and oxygen atoms in total. The van der Waals surface area contributed by atoms with Gasteiger partial charge in [0.25, 0.3) is 5.82 Å². The second-order valence-corrected chi connectivity index (χ2v) is 5.71. The van der Waals surface area contributed by atoms with Crippen molar-refractivity contribution in [2.24, 2.45) is 7.05 Å². The quantitative estimate of drug-likeness (QED) is 0.416. The lowest BCUT2D eigenvalue weighted by Gasteiger charge is -2.12. The standard InChI is InChI=1S/C19H23N2O2.HI/c1-3-19-20(2)17-11-7-8-12-18(17)21(19)13-15(22)14-23-16-9-5-4-6-10-16;/h4-12,15,22H,3,13-14H2,1-2H3;1H/q+1;/p-1. The van der Waals surface area contributed by atoms with Crippen LogP contribution in [0, 0.1) is 0 Å². The van der Waals surface area contributed by atoms with Crippen molar-refractivity contribution in [1.82, 2.24) is 4.57 Å². The van der Waals surface area contributed by atoms with E-state index in [1.54, 1.807) is 0 Å². The van der Waals surface area contributed by atoms with Crippen LogP contribution in [0.25, 0.3) is 11.0 Å². The minimum atomic E-state index is -0.559. The Balaban J connectivity index is 0.00000208. The first-order valence-corrected chi connectivity index (χ1v) is 8.02. The first kappa shape index (κ1) is 18.7. The third-order valence-corrected chi connectivity index (χ3v) is 4.13. The maximum Gasteiger partial charge on any atom is 0.256 e. The van der Waals surface area contributed by atoms with Gasteiger partial charge in [0, 0.05) is 6.42 Å². The summed E-state index contributed by atoms with van der Waals surface area (Å²) >= 11 is 0. The van der Waals surface area contributed by atoms with E-state index in [0.717, 1.165) is 17.7 Å². The second kappa shape index (κ2) is 8.48. The molecule has 0 spiro atoms. The smallest absolute Gasteiger partial charge is 0.256 e. The van der Waals surface area contributed by atoms with Gasteiger partial charge in [0.05, 0.1) is 7.05 Å². The highest BCUT2D eigenvalue weighted by Gasteiger charge is 2.23. The number of hydrogen-bond acceptors (Lipinski definition) is 2. The van der Waals surface area contributed by atoms with Crippen LogP contribution >= 0.6 is 0 Å². The minimum Gasteiger partial charge on any atom is -1.00 e. The Morgan fingerprint density at radius 3 is 2.46 bits per heavy atom. The molecule has 24 heavy (non-hydrogen) atoms. The van der Waals surface area contributed by atoms with Crippen molar-refractivity contribution >= 4 is 11.0 Å². The predicted octanol–water partition coefficient (Wildman–Crippen LogP) is -0.528. The van der Waals surface area contributed by atoms with Crippen LogP contribution < -0.4 is 33.3 Å². The lowest BCUT2D eigenvalue weighted by molar-refractivity contribution is -0.653. The van der Waals surface area contributed by atoms with Crippen molar-refractivity contribution in [2.45, 2.75) is 26.0 Å². The van der Waals surface area contributed by atoms with Gasteiger partial charge in [-0.25, -0.2) is 9.13 Å². The number of fused-ring (bicyclic) bond motifs is 1. The number of nitrogens with zero attached hydrogens (tertiary/aromatic N) is 2. The molecule has 5 heteroatoms. The van der Waals surface area contributed by atoms with Gasteiger partial charge in [-0.3, -0.25) is 0 Å². The summed E-state index contributed by atoms with van der Waals surface area (Å²) in [6, 6.07) is 17.9. The van der Waals surface area contributed by atoms with Gasteiger partial charge < -0.3 is 33.8 Å². The summed E-state index contributed by atoms with van der Waals surface area (Å²) in [7, 11) is 2.07. The van der Waals surface area contributed by atoms with Crippen molar-refractivity contribution in [3.8, 4) is 5.75 Å². The van der Waals surface area contributed by atoms with E-state index < -0.39 is 6.10 Å². The first-order chi connectivity index (χ1) is 11.2. The fourth-order valence-electron chi connectivity index (χ4n) is 3.04. The normalized spacial score (nSPS) is 12.0. The van der Waals surface area contributed by atoms with Gasteiger partial charge in [0.2, 0.25) is 0 Å². The molecule has 0 aliphatic heterocycles. The number of aliphatic hydroxyl groups is 1. The maximum atomic E-state index is 10.4. The van der Waals surface area contributed by atoms with Gasteiger partial charge in [0.1, 0.15) is 25.0 Å². The molecule has 0 aliphatic rings. The number of ether oxygens (including phenoxy) is 1. The van der Waals surface area contributed by atoms with E-state index in [1.165, 1.54) is 11.3 Å². The molecule has 3 rings (SSSR count). The molecule has 1 atom stereocenters. The molecule has 3 aromatic rings. The number of rotatable bonds is 6. The molecule has 0 fully saturated rings. The average molecular weight is 438 g/mol. The zero-order chi connectivity index (χ0) is 16.2. The van der Waals surface area contributed by atoms with E-state index in [0.29, 0.717) is 6.54 Å². The Hall–Kier alpha value is -1.60. The van der Waals surface area contributed by atoms with E-state index in [9.17, 15) is 5.11 Å². The highest BCUT2D eigenvalue weighted by atomic mass is 127. The summed E-state index contributed by atoms with van der Waals surface area (Å²) in [6.45, 7) is 2.94. The van der Waals surface area contributed by atoms with Crippen LogP contribution in [0.15, 0.2) is 54.6 Å². The number of aromatic nitrogens is 2. The van der Waals surface area contributed by atoms with Crippen molar-refractivity contribution in [2.75, 3.05) is 6.61 Å². The average Bonchev–Trinajstić information content (AvgIpc) is 2.86. The van der Waals surface area contributed by atoms with Crippen LogP contribution in [0.1, 0.15) is 12.7 Å². The number of halogens is 1. The third-order valence-electron chi connectivity index (χ3n) is 4.13. The highest BCUT2D eigenvalue weighted by molar-refractivity contribution is 5.72. The molecule has 0 radical (unpaired) electrons. The molecule has 1 aromatic heterocycles. The Kier molecular flexibility index (Phi) is 6.62. The number of para-hydroxylation sites is 3. The van der Waals surface area contributed by atoms with Gasteiger partial charge in [-0.15, -0.1) is 0 Å². The topological polar surface area (TPSA) is 38.3 Å². The van der Waals surface area contributed by atoms with Gasteiger partial charge in [-0.05, 0) is 24.3 Å². The molecule has 0 saturated heterocycles. The highest BCUT2D eigenvalue weighted by Crippen LogP contribution is 2.16. The molecule has 0 saturated carbocycles. The zero-order valence-corrected chi connectivity index (χ0v) is 16.2. The van der Waals surface area contributed by atoms with Crippen LogP contribution in [0.2, 0.25) is 0 Å². The van der Waals surface area contributed by atoms with Crippen molar-refractivity contribution in [3.63, 3.8) is 0 Å². The predicted molar refractivity (Wildman–Crippen MR) is 90.4 cm³/mol. The monoisotopic (exact) mass is 438 g/mol. The van der Waals surface area contributed by atoms with Gasteiger partial charge >= 0.3 is 0 Å². The molecule has 0 aliphatic carbocycles. The molecular weight excluding hydrogens is 415 g/mol. The van der Waals surface area contributed by atoms with Crippen LogP contribution in [0.4, 0.5) is 0 Å². The third kappa shape index (κ3) is 3.89. The fraction of sp³-hybridized carbons (Fsp3) is 0.316. The second-order valence-electron chi connectivity index (χ2n) is 5.71. The number of benzene rings is 2. The molecule has 1 unspecified atom stereocenters. The Morgan fingerprint density at radius 1 is 1.08 bits per heavy atom. The number of hydrogen-bond donors (Lipinski definition) is 1. The van der Waals surface area contributed by atoms with E-state index in [-0.39, 0.29) is 30.6 Å². The molecule has 1 N–H and O–H groups in total. The Morgan fingerprint density at radius 2 is 1.75 bits per heavy atom. The number of aryl methyl sites for hydroxylation is 1. The van der Waals surface area contributed by atoms with Crippen molar-refractivity contribution in [1.29, 1.82) is 0 Å². The summed E-state index contributed by atoms with van der Waals surface area (Å²) < 4.78 is 10.0. The molecular formula is C19H23IN2O2. The fourth-order valence-corrected chi connectivity index (χ4v) is 3.04. The van der Waals surface area contributed by atoms with E-state index in [2.05, 4.69) is 35.2 Å². The zero-order valence-electron chi connectivity index (χ0n) is 14.0. The van der Waals surface area contributed by atoms with Crippen LogP contribution in [-0.2, 0) is 20.0 Å². The molecule has 1 heterocycles. The van der Waals surface area contributed by atoms with Gasteiger partial charge in [-0.2, -0.15) is 0 Å². The summed E-state index contributed by atoms with van der Waals surface area (Å²) in [4.78, 5) is 0. The number of aliphatic hydroxyl groups excluding tert-OH is 1. The largest absolute Gasteiger partial charge is 1.00 e. The van der Waals surface area contributed by atoms with Crippen LogP contribution in [0.5, 0.6) is 5.75 Å². The van der Waals surface area contributed by atoms with Gasteiger partial charge in [-0.1, -0.05) is 37.3 Å². The van der Waals surface area contributed by atoms with E-state index in [1.807, 2.05) is 42.5 Å². The number of imidazole rings is 1. The minimum absolute atomic E-state index is 0. The lowest BCUT2D eigenvalue weighted by atomic mass is 10.3.